The lowest BCUT2D eigenvalue weighted by atomic mass is 10.2. The number of methoxy groups -OCH3 is 2. The standard InChI is InChI=1S/C16H21NO4/c1-16(2,3)21-15(18)17-11-7-8-12-13(19-4)9-6-10-14(12)20-5/h6,9-10H,11H2,1-5H3,(H,17,18). The van der Waals surface area contributed by atoms with E-state index in [0.29, 0.717) is 17.1 Å². The quantitative estimate of drug-likeness (QED) is 0.870. The lowest BCUT2D eigenvalue weighted by Crippen LogP contribution is -2.32. The van der Waals surface area contributed by atoms with Gasteiger partial charge in [0.2, 0.25) is 0 Å². The molecule has 0 saturated carbocycles. The zero-order valence-corrected chi connectivity index (χ0v) is 13.1. The number of carbonyl (C=O) groups excluding carboxylic acids is 1. The van der Waals surface area contributed by atoms with E-state index >= 15 is 0 Å². The molecule has 114 valence electrons. The number of rotatable bonds is 3. The van der Waals surface area contributed by atoms with Gasteiger partial charge < -0.3 is 19.5 Å². The van der Waals surface area contributed by atoms with E-state index in [2.05, 4.69) is 17.2 Å². The van der Waals surface area contributed by atoms with Crippen molar-refractivity contribution in [2.24, 2.45) is 0 Å². The highest BCUT2D eigenvalue weighted by molar-refractivity contribution is 5.68. The van der Waals surface area contributed by atoms with Gasteiger partial charge in [0.15, 0.2) is 0 Å². The van der Waals surface area contributed by atoms with E-state index in [1.807, 2.05) is 6.07 Å². The molecule has 0 fully saturated rings. The summed E-state index contributed by atoms with van der Waals surface area (Å²) in [6.07, 6.45) is -0.496. The Morgan fingerprint density at radius 3 is 2.24 bits per heavy atom. The SMILES string of the molecule is COc1cccc(OC)c1C#CCNC(=O)OC(C)(C)C. The van der Waals surface area contributed by atoms with Gasteiger partial charge in [-0.25, -0.2) is 4.79 Å². The topological polar surface area (TPSA) is 56.8 Å². The summed E-state index contributed by atoms with van der Waals surface area (Å²) in [5.41, 5.74) is 0.122. The minimum atomic E-state index is -0.524. The predicted octanol–water partition coefficient (Wildman–Crippen LogP) is 2.58. The molecule has 1 aromatic carbocycles. The second kappa shape index (κ2) is 7.44. The fourth-order valence-electron chi connectivity index (χ4n) is 1.54. The van der Waals surface area contributed by atoms with Gasteiger partial charge in [-0.2, -0.15) is 0 Å². The van der Waals surface area contributed by atoms with Crippen LogP contribution in [0.15, 0.2) is 18.2 Å². The van der Waals surface area contributed by atoms with Crippen molar-refractivity contribution in [3.8, 4) is 23.3 Å². The van der Waals surface area contributed by atoms with Gasteiger partial charge in [-0.1, -0.05) is 17.9 Å². The molecule has 0 unspecified atom stereocenters. The third kappa shape index (κ3) is 5.65. The summed E-state index contributed by atoms with van der Waals surface area (Å²) in [5.74, 6) is 7.03. The number of ether oxygens (including phenoxy) is 3. The maximum absolute atomic E-state index is 11.5. The maximum atomic E-state index is 11.5. The molecule has 5 nitrogen and oxygen atoms in total. The molecule has 0 bridgehead atoms. The summed E-state index contributed by atoms with van der Waals surface area (Å²) in [5, 5.41) is 2.57. The molecule has 0 aromatic heterocycles. The van der Waals surface area contributed by atoms with Crippen LogP contribution in [0.5, 0.6) is 11.5 Å². The minimum Gasteiger partial charge on any atom is -0.495 e. The van der Waals surface area contributed by atoms with Crippen LogP contribution in [0.3, 0.4) is 0 Å². The van der Waals surface area contributed by atoms with E-state index in [-0.39, 0.29) is 6.54 Å². The summed E-state index contributed by atoms with van der Waals surface area (Å²) < 4.78 is 15.6. The number of hydrogen-bond acceptors (Lipinski definition) is 4. The molecule has 1 rings (SSSR count). The van der Waals surface area contributed by atoms with E-state index in [1.165, 1.54) is 0 Å². The molecule has 21 heavy (non-hydrogen) atoms. The molecule has 0 aliphatic carbocycles. The van der Waals surface area contributed by atoms with Crippen LogP contribution in [-0.4, -0.2) is 32.5 Å². The molecule has 1 aromatic rings. The maximum Gasteiger partial charge on any atom is 0.408 e. The van der Waals surface area contributed by atoms with Gasteiger partial charge in [0.1, 0.15) is 22.7 Å². The third-order valence-corrected chi connectivity index (χ3v) is 2.36. The Morgan fingerprint density at radius 2 is 1.76 bits per heavy atom. The number of nitrogens with one attached hydrogen (secondary N) is 1. The van der Waals surface area contributed by atoms with Crippen molar-refractivity contribution in [1.29, 1.82) is 0 Å². The van der Waals surface area contributed by atoms with Gasteiger partial charge in [-0.05, 0) is 32.9 Å². The van der Waals surface area contributed by atoms with Gasteiger partial charge in [0.05, 0.1) is 20.8 Å². The van der Waals surface area contributed by atoms with Crippen LogP contribution in [0, 0.1) is 11.8 Å². The van der Waals surface area contributed by atoms with Crippen molar-refractivity contribution < 1.29 is 19.0 Å². The van der Waals surface area contributed by atoms with E-state index in [0.717, 1.165) is 0 Å². The highest BCUT2D eigenvalue weighted by Gasteiger charge is 2.15. The number of amides is 1. The highest BCUT2D eigenvalue weighted by atomic mass is 16.6. The first-order valence-corrected chi connectivity index (χ1v) is 6.54. The largest absolute Gasteiger partial charge is 0.495 e. The zero-order valence-electron chi connectivity index (χ0n) is 13.1. The van der Waals surface area contributed by atoms with Crippen LogP contribution in [0.4, 0.5) is 4.79 Å². The Hall–Kier alpha value is -2.35. The van der Waals surface area contributed by atoms with Gasteiger partial charge >= 0.3 is 6.09 Å². The summed E-state index contributed by atoms with van der Waals surface area (Å²) in [4.78, 5) is 11.5. The van der Waals surface area contributed by atoms with Gasteiger partial charge in [-0.15, -0.1) is 0 Å². The van der Waals surface area contributed by atoms with E-state index in [4.69, 9.17) is 14.2 Å². The van der Waals surface area contributed by atoms with Crippen molar-refractivity contribution in [3.05, 3.63) is 23.8 Å². The Balaban J connectivity index is 2.69. The Bertz CT molecular complexity index is 527. The molecule has 1 N–H and O–H groups in total. The summed E-state index contributed by atoms with van der Waals surface area (Å²) in [6, 6.07) is 5.42. The summed E-state index contributed by atoms with van der Waals surface area (Å²) in [6.45, 7) is 5.59. The molecular weight excluding hydrogens is 270 g/mol. The van der Waals surface area contributed by atoms with Crippen molar-refractivity contribution in [3.63, 3.8) is 0 Å². The molecule has 5 heteroatoms. The lowest BCUT2D eigenvalue weighted by molar-refractivity contribution is 0.0535. The van der Waals surface area contributed by atoms with Crippen LogP contribution >= 0.6 is 0 Å². The van der Waals surface area contributed by atoms with E-state index < -0.39 is 11.7 Å². The monoisotopic (exact) mass is 291 g/mol. The molecule has 0 aliphatic rings. The zero-order chi connectivity index (χ0) is 15.9. The van der Waals surface area contributed by atoms with Crippen LogP contribution in [0.2, 0.25) is 0 Å². The highest BCUT2D eigenvalue weighted by Crippen LogP contribution is 2.26. The normalized spacial score (nSPS) is 10.1. The molecule has 0 radical (unpaired) electrons. The third-order valence-electron chi connectivity index (χ3n) is 2.36. The molecule has 0 atom stereocenters. The van der Waals surface area contributed by atoms with Crippen LogP contribution in [-0.2, 0) is 4.74 Å². The Morgan fingerprint density at radius 1 is 1.19 bits per heavy atom. The van der Waals surface area contributed by atoms with E-state index in [9.17, 15) is 4.79 Å². The molecule has 0 aliphatic heterocycles. The summed E-state index contributed by atoms with van der Waals surface area (Å²) in [7, 11) is 3.14. The van der Waals surface area contributed by atoms with Crippen LogP contribution < -0.4 is 14.8 Å². The molecular formula is C16H21NO4. The van der Waals surface area contributed by atoms with Gasteiger partial charge in [-0.3, -0.25) is 0 Å². The van der Waals surface area contributed by atoms with Crippen molar-refractivity contribution in [2.75, 3.05) is 20.8 Å². The van der Waals surface area contributed by atoms with Crippen molar-refractivity contribution >= 4 is 6.09 Å². The average Bonchev–Trinajstić information content (AvgIpc) is 2.41. The number of carbonyl (C=O) groups is 1. The second-order valence-electron chi connectivity index (χ2n) is 5.19. The van der Waals surface area contributed by atoms with Crippen LogP contribution in [0.1, 0.15) is 26.3 Å². The molecule has 1 amide bonds. The van der Waals surface area contributed by atoms with Crippen molar-refractivity contribution in [2.45, 2.75) is 26.4 Å². The van der Waals surface area contributed by atoms with Crippen LogP contribution in [0.25, 0.3) is 0 Å². The average molecular weight is 291 g/mol. The number of alkyl carbamates (subject to hydrolysis) is 1. The molecule has 0 saturated heterocycles. The first-order valence-electron chi connectivity index (χ1n) is 6.54. The first-order chi connectivity index (χ1) is 9.87. The number of benzene rings is 1. The fraction of sp³-hybridized carbons (Fsp3) is 0.438. The first kappa shape index (κ1) is 16.7. The molecule has 0 heterocycles. The lowest BCUT2D eigenvalue weighted by Gasteiger charge is -2.19. The van der Waals surface area contributed by atoms with Crippen molar-refractivity contribution in [1.82, 2.24) is 5.32 Å². The van der Waals surface area contributed by atoms with Gasteiger partial charge in [0, 0.05) is 0 Å². The minimum absolute atomic E-state index is 0.177. The van der Waals surface area contributed by atoms with E-state index in [1.54, 1.807) is 47.1 Å². The fourth-order valence-corrected chi connectivity index (χ4v) is 1.54. The second-order valence-corrected chi connectivity index (χ2v) is 5.19. The smallest absolute Gasteiger partial charge is 0.408 e. The Labute approximate surface area is 125 Å². The summed E-state index contributed by atoms with van der Waals surface area (Å²) >= 11 is 0. The van der Waals surface area contributed by atoms with Gasteiger partial charge in [0.25, 0.3) is 0 Å². The molecule has 0 spiro atoms. The Kier molecular flexibility index (Phi) is 5.92. The predicted molar refractivity (Wildman–Crippen MR) is 80.7 cm³/mol. The number of hydrogen-bond donors (Lipinski definition) is 1.